The second-order valence-electron chi connectivity index (χ2n) is 4.97. The third-order valence-corrected chi connectivity index (χ3v) is 5.42. The van der Waals surface area contributed by atoms with E-state index in [1.165, 1.54) is 6.07 Å². The van der Waals surface area contributed by atoms with Gasteiger partial charge in [-0.05, 0) is 25.5 Å². The van der Waals surface area contributed by atoms with Crippen LogP contribution >= 0.6 is 0 Å². The molecule has 0 bridgehead atoms. The maximum atomic E-state index is 12.3. The smallest absolute Gasteiger partial charge is 0.231 e. The second-order valence-corrected chi connectivity index (χ2v) is 7.22. The lowest BCUT2D eigenvalue weighted by Crippen LogP contribution is -2.39. The molecule has 0 aromatic heterocycles. The maximum absolute atomic E-state index is 12.3. The number of nitrogens with two attached hydrogens (primary N) is 1. The zero-order valence-electron chi connectivity index (χ0n) is 12.1. The molecule has 0 saturated carbocycles. The Morgan fingerprint density at radius 1 is 1.30 bits per heavy atom. The van der Waals surface area contributed by atoms with E-state index in [0.29, 0.717) is 12.1 Å². The van der Waals surface area contributed by atoms with Crippen LogP contribution in [-0.4, -0.2) is 26.6 Å². The molecule has 1 rings (SSSR count). The van der Waals surface area contributed by atoms with Gasteiger partial charge >= 0.3 is 0 Å². The molecule has 0 radical (unpaired) electrons. The molecular formula is C14H22N2O3S. The molecule has 5 nitrogen and oxygen atoms in total. The van der Waals surface area contributed by atoms with Crippen molar-refractivity contribution in [1.82, 2.24) is 0 Å². The van der Waals surface area contributed by atoms with E-state index >= 15 is 0 Å². The van der Waals surface area contributed by atoms with Gasteiger partial charge in [0.25, 0.3) is 0 Å². The zero-order valence-corrected chi connectivity index (χ0v) is 13.0. The van der Waals surface area contributed by atoms with Gasteiger partial charge in [0, 0.05) is 6.54 Å². The van der Waals surface area contributed by atoms with Crippen LogP contribution in [0.15, 0.2) is 29.2 Å². The summed E-state index contributed by atoms with van der Waals surface area (Å²) < 4.78 is 24.0. The molecule has 1 amide bonds. The minimum absolute atomic E-state index is 0.0121. The van der Waals surface area contributed by atoms with Crippen molar-refractivity contribution in [2.24, 2.45) is 11.1 Å². The number of carbonyl (C=O) groups excluding carboxylic acids is 1. The molecular weight excluding hydrogens is 276 g/mol. The summed E-state index contributed by atoms with van der Waals surface area (Å²) in [6, 6.07) is 6.42. The number of sulfone groups is 1. The van der Waals surface area contributed by atoms with Crippen molar-refractivity contribution in [1.29, 1.82) is 0 Å². The van der Waals surface area contributed by atoms with Crippen LogP contribution < -0.4 is 11.1 Å². The van der Waals surface area contributed by atoms with Crippen LogP contribution in [0, 0.1) is 5.41 Å². The number of amides is 1. The predicted octanol–water partition coefficient (Wildman–Crippen LogP) is 1.79. The minimum atomic E-state index is -3.38. The standard InChI is InChI=1S/C14H22N2O3S/c1-4-14(3,10-15)13(17)16-11-8-6-7-9-12(11)20(18,19)5-2/h6-9H,4-5,10,15H2,1-3H3,(H,16,17). The second kappa shape index (κ2) is 6.37. The monoisotopic (exact) mass is 298 g/mol. The van der Waals surface area contributed by atoms with Gasteiger partial charge < -0.3 is 11.1 Å². The quantitative estimate of drug-likeness (QED) is 0.838. The van der Waals surface area contributed by atoms with Crippen LogP contribution in [0.3, 0.4) is 0 Å². The van der Waals surface area contributed by atoms with E-state index in [-0.39, 0.29) is 23.1 Å². The first kappa shape index (κ1) is 16.7. The minimum Gasteiger partial charge on any atom is -0.329 e. The first-order valence-electron chi connectivity index (χ1n) is 6.64. The fraction of sp³-hybridized carbons (Fsp3) is 0.500. The van der Waals surface area contributed by atoms with Crippen LogP contribution in [0.5, 0.6) is 0 Å². The van der Waals surface area contributed by atoms with Gasteiger partial charge in [0.2, 0.25) is 5.91 Å². The number of hydrogen-bond acceptors (Lipinski definition) is 4. The zero-order chi connectivity index (χ0) is 15.4. The lowest BCUT2D eigenvalue weighted by molar-refractivity contribution is -0.124. The summed E-state index contributed by atoms with van der Waals surface area (Å²) in [5, 5.41) is 2.70. The summed E-state index contributed by atoms with van der Waals surface area (Å²) in [6.07, 6.45) is 0.581. The Labute approximate surface area is 120 Å². The molecule has 6 heteroatoms. The SMILES string of the molecule is CCC(C)(CN)C(=O)Nc1ccccc1S(=O)(=O)CC. The average molecular weight is 298 g/mol. The fourth-order valence-corrected chi connectivity index (χ4v) is 2.72. The lowest BCUT2D eigenvalue weighted by Gasteiger charge is -2.25. The summed E-state index contributed by atoms with van der Waals surface area (Å²) in [7, 11) is -3.38. The number of carbonyl (C=O) groups is 1. The number of hydrogen-bond donors (Lipinski definition) is 2. The molecule has 112 valence electrons. The van der Waals surface area contributed by atoms with Crippen molar-refractivity contribution in [2.75, 3.05) is 17.6 Å². The Balaban J connectivity index is 3.15. The Kier molecular flexibility index (Phi) is 5.30. The Hall–Kier alpha value is -1.40. The van der Waals surface area contributed by atoms with Crippen molar-refractivity contribution < 1.29 is 13.2 Å². The summed E-state index contributed by atoms with van der Waals surface area (Å²) in [5.41, 5.74) is 5.25. The van der Waals surface area contributed by atoms with Crippen molar-refractivity contribution in [3.63, 3.8) is 0 Å². The topological polar surface area (TPSA) is 89.3 Å². The van der Waals surface area contributed by atoms with E-state index in [1.807, 2.05) is 6.92 Å². The molecule has 1 atom stereocenters. The molecule has 20 heavy (non-hydrogen) atoms. The first-order valence-corrected chi connectivity index (χ1v) is 8.29. The Morgan fingerprint density at radius 2 is 1.90 bits per heavy atom. The van der Waals surface area contributed by atoms with Gasteiger partial charge in [0.15, 0.2) is 9.84 Å². The van der Waals surface area contributed by atoms with E-state index in [9.17, 15) is 13.2 Å². The van der Waals surface area contributed by atoms with Crippen LogP contribution in [0.4, 0.5) is 5.69 Å². The van der Waals surface area contributed by atoms with Gasteiger partial charge in [0.1, 0.15) is 0 Å². The van der Waals surface area contributed by atoms with Crippen molar-refractivity contribution in [3.8, 4) is 0 Å². The van der Waals surface area contributed by atoms with Crippen molar-refractivity contribution >= 4 is 21.4 Å². The molecule has 1 aromatic rings. The van der Waals surface area contributed by atoms with Crippen LogP contribution in [0.2, 0.25) is 0 Å². The van der Waals surface area contributed by atoms with Crippen molar-refractivity contribution in [2.45, 2.75) is 32.1 Å². The third kappa shape index (κ3) is 3.37. The predicted molar refractivity (Wildman–Crippen MR) is 80.3 cm³/mol. The van der Waals surface area contributed by atoms with E-state index in [4.69, 9.17) is 5.73 Å². The molecule has 3 N–H and O–H groups in total. The third-order valence-electron chi connectivity index (χ3n) is 3.63. The molecule has 0 fully saturated rings. The molecule has 1 unspecified atom stereocenters. The summed E-state index contributed by atoms with van der Waals surface area (Å²) in [5.74, 6) is -0.275. The molecule has 0 aliphatic rings. The van der Waals surface area contributed by atoms with Gasteiger partial charge in [-0.3, -0.25) is 4.79 Å². The highest BCUT2D eigenvalue weighted by Gasteiger charge is 2.30. The number of para-hydroxylation sites is 1. The molecule has 0 heterocycles. The normalized spacial score (nSPS) is 14.6. The fourth-order valence-electron chi connectivity index (χ4n) is 1.67. The number of rotatable bonds is 6. The van der Waals surface area contributed by atoms with Gasteiger partial charge in [0.05, 0.1) is 21.8 Å². The maximum Gasteiger partial charge on any atom is 0.231 e. The number of anilines is 1. The summed E-state index contributed by atoms with van der Waals surface area (Å²) in [6.45, 7) is 5.42. The van der Waals surface area contributed by atoms with Gasteiger partial charge in [-0.15, -0.1) is 0 Å². The van der Waals surface area contributed by atoms with E-state index in [1.54, 1.807) is 32.0 Å². The molecule has 0 aliphatic carbocycles. The van der Waals surface area contributed by atoms with Crippen LogP contribution in [-0.2, 0) is 14.6 Å². The lowest BCUT2D eigenvalue weighted by atomic mass is 9.86. The largest absolute Gasteiger partial charge is 0.329 e. The van der Waals surface area contributed by atoms with E-state index in [0.717, 1.165) is 0 Å². The van der Waals surface area contributed by atoms with E-state index < -0.39 is 15.3 Å². The Morgan fingerprint density at radius 3 is 2.40 bits per heavy atom. The van der Waals surface area contributed by atoms with Gasteiger partial charge in [-0.1, -0.05) is 26.0 Å². The average Bonchev–Trinajstić information content (AvgIpc) is 2.46. The van der Waals surface area contributed by atoms with Gasteiger partial charge in [-0.25, -0.2) is 8.42 Å². The summed E-state index contributed by atoms with van der Waals surface area (Å²) >= 11 is 0. The summed E-state index contributed by atoms with van der Waals surface area (Å²) in [4.78, 5) is 12.4. The van der Waals surface area contributed by atoms with Gasteiger partial charge in [-0.2, -0.15) is 0 Å². The molecule has 0 saturated heterocycles. The number of benzene rings is 1. The van der Waals surface area contributed by atoms with Crippen LogP contribution in [0.25, 0.3) is 0 Å². The highest BCUT2D eigenvalue weighted by atomic mass is 32.2. The van der Waals surface area contributed by atoms with Crippen molar-refractivity contribution in [3.05, 3.63) is 24.3 Å². The number of nitrogens with one attached hydrogen (secondary N) is 1. The first-order chi connectivity index (χ1) is 9.30. The molecule has 0 aliphatic heterocycles. The Bertz CT molecular complexity index is 578. The highest BCUT2D eigenvalue weighted by Crippen LogP contribution is 2.26. The highest BCUT2D eigenvalue weighted by molar-refractivity contribution is 7.91. The molecule has 0 spiro atoms. The molecule has 1 aromatic carbocycles. The van der Waals surface area contributed by atoms with Crippen LogP contribution in [0.1, 0.15) is 27.2 Å². The van der Waals surface area contributed by atoms with E-state index in [2.05, 4.69) is 5.32 Å².